The Hall–Kier alpha value is -1.15. The summed E-state index contributed by atoms with van der Waals surface area (Å²) in [6, 6.07) is -0.669. The van der Waals surface area contributed by atoms with Crippen molar-refractivity contribution in [2.75, 3.05) is 13.2 Å². The molecule has 1 aliphatic rings. The van der Waals surface area contributed by atoms with Crippen molar-refractivity contribution in [1.82, 2.24) is 4.90 Å². The van der Waals surface area contributed by atoms with Gasteiger partial charge in [0.05, 0.1) is 0 Å². The molecule has 0 aromatic carbocycles. The van der Waals surface area contributed by atoms with E-state index in [-0.39, 0.29) is 4.90 Å². The van der Waals surface area contributed by atoms with Gasteiger partial charge in [0.2, 0.25) is 0 Å². The fraction of sp³-hybridized carbons (Fsp3) is 0.875. The van der Waals surface area contributed by atoms with Crippen molar-refractivity contribution in [2.45, 2.75) is 31.2 Å². The number of nitrogens with zero attached hydrogens (tertiary/aromatic N) is 1. The SMILES string of the molecule is O=C(OCC(F)(F)F)N(CC(F)(F)F)C1CC1. The van der Waals surface area contributed by atoms with Gasteiger partial charge in [-0.3, -0.25) is 4.90 Å². The molecule has 0 aromatic rings. The molecule has 1 fully saturated rings. The van der Waals surface area contributed by atoms with Crippen LogP contribution in [-0.4, -0.2) is 42.5 Å². The van der Waals surface area contributed by atoms with E-state index >= 15 is 0 Å². The first-order valence-electron chi connectivity index (χ1n) is 4.65. The molecule has 1 saturated carbocycles. The van der Waals surface area contributed by atoms with Crippen molar-refractivity contribution in [3.05, 3.63) is 0 Å². The zero-order valence-corrected chi connectivity index (χ0v) is 8.44. The molecule has 0 aliphatic heterocycles. The maximum atomic E-state index is 12.1. The topological polar surface area (TPSA) is 29.5 Å². The molecule has 9 heteroatoms. The van der Waals surface area contributed by atoms with E-state index in [1.54, 1.807) is 0 Å². The van der Waals surface area contributed by atoms with Crippen LogP contribution in [0.1, 0.15) is 12.8 Å². The zero-order valence-electron chi connectivity index (χ0n) is 8.44. The molecule has 0 N–H and O–H groups in total. The molecule has 0 unspecified atom stereocenters. The Bertz CT molecular complexity index is 283. The molecule has 17 heavy (non-hydrogen) atoms. The Morgan fingerprint density at radius 1 is 1.12 bits per heavy atom. The van der Waals surface area contributed by atoms with E-state index in [4.69, 9.17) is 0 Å². The van der Waals surface area contributed by atoms with Crippen molar-refractivity contribution in [2.24, 2.45) is 0 Å². The summed E-state index contributed by atoms with van der Waals surface area (Å²) in [6.07, 6.45) is -10.3. The summed E-state index contributed by atoms with van der Waals surface area (Å²) in [7, 11) is 0. The number of amides is 1. The predicted octanol–water partition coefficient (Wildman–Crippen LogP) is 2.71. The number of carbonyl (C=O) groups is 1. The van der Waals surface area contributed by atoms with E-state index in [9.17, 15) is 31.1 Å². The predicted molar refractivity (Wildman–Crippen MR) is 43.2 cm³/mol. The van der Waals surface area contributed by atoms with Gasteiger partial charge in [0.25, 0.3) is 0 Å². The van der Waals surface area contributed by atoms with Crippen molar-refractivity contribution >= 4 is 6.09 Å². The van der Waals surface area contributed by atoms with Gasteiger partial charge < -0.3 is 4.74 Å². The van der Waals surface area contributed by atoms with E-state index < -0.39 is 37.6 Å². The van der Waals surface area contributed by atoms with E-state index in [2.05, 4.69) is 4.74 Å². The molecule has 100 valence electrons. The second kappa shape index (κ2) is 4.61. The minimum Gasteiger partial charge on any atom is -0.440 e. The highest BCUT2D eigenvalue weighted by atomic mass is 19.4. The Morgan fingerprint density at radius 3 is 2.00 bits per heavy atom. The molecule has 1 aliphatic carbocycles. The fourth-order valence-electron chi connectivity index (χ4n) is 1.15. The quantitative estimate of drug-likeness (QED) is 0.734. The summed E-state index contributed by atoms with van der Waals surface area (Å²) >= 11 is 0. The third-order valence-electron chi connectivity index (χ3n) is 1.93. The fourth-order valence-corrected chi connectivity index (χ4v) is 1.15. The largest absolute Gasteiger partial charge is 0.440 e. The summed E-state index contributed by atoms with van der Waals surface area (Å²) < 4.78 is 75.1. The molecule has 1 amide bonds. The number of halogens is 6. The van der Waals surface area contributed by atoms with Gasteiger partial charge in [-0.15, -0.1) is 0 Å². The first kappa shape index (κ1) is 13.9. The van der Waals surface area contributed by atoms with Gasteiger partial charge in [-0.1, -0.05) is 0 Å². The summed E-state index contributed by atoms with van der Waals surface area (Å²) in [6.45, 7) is -3.47. The molecule has 0 radical (unpaired) electrons. The minimum absolute atomic E-state index is 0.283. The Labute approximate surface area is 92.3 Å². The average molecular weight is 265 g/mol. The molecule has 0 saturated heterocycles. The van der Waals surface area contributed by atoms with Gasteiger partial charge >= 0.3 is 18.4 Å². The van der Waals surface area contributed by atoms with Crippen LogP contribution in [0.5, 0.6) is 0 Å². The Balaban J connectivity index is 2.50. The van der Waals surface area contributed by atoms with Gasteiger partial charge in [0.15, 0.2) is 6.61 Å². The first-order valence-corrected chi connectivity index (χ1v) is 4.65. The highest BCUT2D eigenvalue weighted by molar-refractivity contribution is 5.68. The van der Waals surface area contributed by atoms with E-state index in [1.807, 2.05) is 0 Å². The van der Waals surface area contributed by atoms with Gasteiger partial charge in [-0.2, -0.15) is 26.3 Å². The maximum Gasteiger partial charge on any atom is 0.422 e. The van der Waals surface area contributed by atoms with Crippen LogP contribution in [0.3, 0.4) is 0 Å². The Kier molecular flexibility index (Phi) is 3.78. The van der Waals surface area contributed by atoms with Gasteiger partial charge in [0.1, 0.15) is 6.54 Å². The molecular formula is C8H9F6NO2. The summed E-state index contributed by atoms with van der Waals surface area (Å²) in [4.78, 5) is 11.3. The van der Waals surface area contributed by atoms with E-state index in [1.165, 1.54) is 0 Å². The van der Waals surface area contributed by atoms with Crippen LogP contribution < -0.4 is 0 Å². The van der Waals surface area contributed by atoms with Crippen molar-refractivity contribution < 1.29 is 35.9 Å². The van der Waals surface area contributed by atoms with Crippen LogP contribution in [0.15, 0.2) is 0 Å². The Morgan fingerprint density at radius 2 is 1.65 bits per heavy atom. The highest BCUT2D eigenvalue weighted by Crippen LogP contribution is 2.31. The van der Waals surface area contributed by atoms with Crippen molar-refractivity contribution in [3.63, 3.8) is 0 Å². The van der Waals surface area contributed by atoms with Crippen LogP contribution in [0, 0.1) is 0 Å². The highest BCUT2D eigenvalue weighted by Gasteiger charge is 2.42. The number of alkyl halides is 6. The van der Waals surface area contributed by atoms with Crippen molar-refractivity contribution in [1.29, 1.82) is 0 Å². The average Bonchev–Trinajstić information content (AvgIpc) is 2.90. The third kappa shape index (κ3) is 5.64. The molecule has 0 aromatic heterocycles. The molecule has 0 spiro atoms. The molecule has 1 rings (SSSR count). The minimum atomic E-state index is -4.75. The van der Waals surface area contributed by atoms with Crippen LogP contribution in [0.4, 0.5) is 31.1 Å². The lowest BCUT2D eigenvalue weighted by molar-refractivity contribution is -0.168. The summed E-state index contributed by atoms with van der Waals surface area (Å²) in [5.41, 5.74) is 0. The number of rotatable bonds is 3. The van der Waals surface area contributed by atoms with Gasteiger partial charge in [0, 0.05) is 6.04 Å². The molecule has 0 bridgehead atoms. The van der Waals surface area contributed by atoms with Crippen LogP contribution in [0.25, 0.3) is 0 Å². The molecular weight excluding hydrogens is 256 g/mol. The monoisotopic (exact) mass is 265 g/mol. The van der Waals surface area contributed by atoms with Crippen LogP contribution >= 0.6 is 0 Å². The van der Waals surface area contributed by atoms with Crippen LogP contribution in [0.2, 0.25) is 0 Å². The smallest absolute Gasteiger partial charge is 0.422 e. The number of hydrogen-bond donors (Lipinski definition) is 0. The van der Waals surface area contributed by atoms with Gasteiger partial charge in [-0.25, -0.2) is 4.79 Å². The lowest BCUT2D eigenvalue weighted by Crippen LogP contribution is -2.41. The molecule has 0 atom stereocenters. The number of hydrogen-bond acceptors (Lipinski definition) is 2. The number of carbonyl (C=O) groups excluding carboxylic acids is 1. The summed E-state index contributed by atoms with van der Waals surface area (Å²) in [5.74, 6) is 0. The second-order valence-corrected chi connectivity index (χ2v) is 3.64. The first-order chi connectivity index (χ1) is 7.58. The number of ether oxygens (including phenoxy) is 1. The molecule has 0 heterocycles. The zero-order chi connectivity index (χ0) is 13.3. The third-order valence-corrected chi connectivity index (χ3v) is 1.93. The maximum absolute atomic E-state index is 12.1. The standard InChI is InChI=1S/C8H9F6NO2/c9-7(10,11)3-15(5-1-2-5)6(16)17-4-8(12,13)14/h5H,1-4H2. The molecule has 3 nitrogen and oxygen atoms in total. The lowest BCUT2D eigenvalue weighted by Gasteiger charge is -2.23. The van der Waals surface area contributed by atoms with Gasteiger partial charge in [-0.05, 0) is 12.8 Å². The second-order valence-electron chi connectivity index (χ2n) is 3.64. The van der Waals surface area contributed by atoms with Crippen LogP contribution in [-0.2, 0) is 4.74 Å². The summed E-state index contributed by atoms with van der Waals surface area (Å²) in [5, 5.41) is 0. The normalized spacial score (nSPS) is 16.8. The van der Waals surface area contributed by atoms with E-state index in [0.717, 1.165) is 0 Å². The van der Waals surface area contributed by atoms with E-state index in [0.29, 0.717) is 12.8 Å². The lowest BCUT2D eigenvalue weighted by atomic mass is 10.5. The van der Waals surface area contributed by atoms with Crippen molar-refractivity contribution in [3.8, 4) is 0 Å².